The first-order valence-corrected chi connectivity index (χ1v) is 12.6. The first-order valence-electron chi connectivity index (χ1n) is 10.7. The van der Waals surface area contributed by atoms with E-state index in [1.54, 1.807) is 6.07 Å². The molecule has 1 amide bonds. The SMILES string of the molecule is Cc1cccc(N(CCCC(=O)NCC2(c3ccccc3)CCOCC2)S(C)(=O)=O)c1. The van der Waals surface area contributed by atoms with Gasteiger partial charge in [-0.15, -0.1) is 0 Å². The van der Waals surface area contributed by atoms with Crippen molar-refractivity contribution in [2.75, 3.05) is 36.9 Å². The van der Waals surface area contributed by atoms with Crippen LogP contribution in [-0.2, 0) is 25.0 Å². The molecule has 0 unspecified atom stereocenters. The van der Waals surface area contributed by atoms with Crippen molar-refractivity contribution in [3.05, 3.63) is 65.7 Å². The minimum absolute atomic E-state index is 0.0560. The van der Waals surface area contributed by atoms with Gasteiger partial charge in [0.15, 0.2) is 0 Å². The quantitative estimate of drug-likeness (QED) is 0.643. The fourth-order valence-corrected chi connectivity index (χ4v) is 5.09. The summed E-state index contributed by atoms with van der Waals surface area (Å²) in [5.41, 5.74) is 2.73. The molecule has 0 spiro atoms. The van der Waals surface area contributed by atoms with E-state index in [9.17, 15) is 13.2 Å². The van der Waals surface area contributed by atoms with Gasteiger partial charge in [-0.2, -0.15) is 0 Å². The minimum atomic E-state index is -3.42. The molecule has 1 N–H and O–H groups in total. The van der Waals surface area contributed by atoms with E-state index in [4.69, 9.17) is 4.74 Å². The molecule has 1 aliphatic heterocycles. The predicted molar refractivity (Wildman–Crippen MR) is 124 cm³/mol. The lowest BCUT2D eigenvalue weighted by atomic mass is 9.74. The Morgan fingerprint density at radius 2 is 1.81 bits per heavy atom. The third-order valence-corrected chi connectivity index (χ3v) is 7.11. The number of hydrogen-bond acceptors (Lipinski definition) is 4. The number of ether oxygens (including phenoxy) is 1. The normalized spacial score (nSPS) is 15.9. The summed E-state index contributed by atoms with van der Waals surface area (Å²) in [6.45, 7) is 4.13. The van der Waals surface area contributed by atoms with Crippen LogP contribution >= 0.6 is 0 Å². The van der Waals surface area contributed by atoms with E-state index in [0.717, 1.165) is 18.4 Å². The van der Waals surface area contributed by atoms with Gasteiger partial charge < -0.3 is 10.1 Å². The number of carbonyl (C=O) groups is 1. The van der Waals surface area contributed by atoms with Crippen LogP contribution in [0.1, 0.15) is 36.8 Å². The molecule has 2 aromatic rings. The van der Waals surface area contributed by atoms with Gasteiger partial charge in [-0.3, -0.25) is 9.10 Å². The van der Waals surface area contributed by atoms with Gasteiger partial charge in [0.2, 0.25) is 15.9 Å². The van der Waals surface area contributed by atoms with Gasteiger partial charge in [0.25, 0.3) is 0 Å². The second-order valence-electron chi connectivity index (χ2n) is 8.31. The molecule has 31 heavy (non-hydrogen) atoms. The Bertz CT molecular complexity index is 970. The molecule has 0 aliphatic carbocycles. The Morgan fingerprint density at radius 1 is 1.10 bits per heavy atom. The molecular formula is C24H32N2O4S. The number of nitrogens with zero attached hydrogens (tertiary/aromatic N) is 1. The average Bonchev–Trinajstić information content (AvgIpc) is 2.76. The fourth-order valence-electron chi connectivity index (χ4n) is 4.13. The summed E-state index contributed by atoms with van der Waals surface area (Å²) in [5.74, 6) is -0.0560. The highest BCUT2D eigenvalue weighted by atomic mass is 32.2. The highest BCUT2D eigenvalue weighted by molar-refractivity contribution is 7.92. The number of hydrogen-bond donors (Lipinski definition) is 1. The molecule has 1 fully saturated rings. The molecule has 0 radical (unpaired) electrons. The van der Waals surface area contributed by atoms with Crippen LogP contribution in [0.4, 0.5) is 5.69 Å². The van der Waals surface area contributed by atoms with E-state index < -0.39 is 10.0 Å². The summed E-state index contributed by atoms with van der Waals surface area (Å²) in [6.07, 6.45) is 3.66. The number of nitrogens with one attached hydrogen (secondary N) is 1. The number of anilines is 1. The monoisotopic (exact) mass is 444 g/mol. The van der Waals surface area contributed by atoms with E-state index in [1.807, 2.05) is 43.3 Å². The summed E-state index contributed by atoms with van der Waals surface area (Å²) in [6, 6.07) is 17.7. The summed E-state index contributed by atoms with van der Waals surface area (Å²) < 4.78 is 31.5. The first kappa shape index (κ1) is 23.3. The van der Waals surface area contributed by atoms with Gasteiger partial charge in [-0.1, -0.05) is 42.5 Å². The summed E-state index contributed by atoms with van der Waals surface area (Å²) >= 11 is 0. The molecule has 7 heteroatoms. The molecular weight excluding hydrogens is 412 g/mol. The zero-order valence-corrected chi connectivity index (χ0v) is 19.2. The van der Waals surface area contributed by atoms with Crippen molar-refractivity contribution < 1.29 is 17.9 Å². The lowest BCUT2D eigenvalue weighted by Crippen LogP contribution is -2.44. The van der Waals surface area contributed by atoms with Gasteiger partial charge in [-0.05, 0) is 49.4 Å². The van der Waals surface area contributed by atoms with Gasteiger partial charge in [-0.25, -0.2) is 8.42 Å². The van der Waals surface area contributed by atoms with E-state index in [-0.39, 0.29) is 24.3 Å². The lowest BCUT2D eigenvalue weighted by Gasteiger charge is -2.38. The van der Waals surface area contributed by atoms with Crippen molar-refractivity contribution in [2.45, 2.75) is 38.0 Å². The van der Waals surface area contributed by atoms with Crippen LogP contribution in [0.15, 0.2) is 54.6 Å². The summed E-state index contributed by atoms with van der Waals surface area (Å²) in [4.78, 5) is 12.6. The van der Waals surface area contributed by atoms with Crippen LogP contribution in [0, 0.1) is 6.92 Å². The van der Waals surface area contributed by atoms with Gasteiger partial charge in [0, 0.05) is 38.1 Å². The van der Waals surface area contributed by atoms with Crippen LogP contribution in [0.3, 0.4) is 0 Å². The van der Waals surface area contributed by atoms with Gasteiger partial charge in [0.05, 0.1) is 11.9 Å². The number of rotatable bonds is 9. The number of benzene rings is 2. The van der Waals surface area contributed by atoms with Crippen LogP contribution in [0.5, 0.6) is 0 Å². The predicted octanol–water partition coefficient (Wildman–Crippen LogP) is 3.41. The molecule has 6 nitrogen and oxygen atoms in total. The summed E-state index contributed by atoms with van der Waals surface area (Å²) in [5, 5.41) is 3.09. The van der Waals surface area contributed by atoms with Crippen LogP contribution in [-0.4, -0.2) is 46.9 Å². The van der Waals surface area contributed by atoms with Crippen molar-refractivity contribution in [3.8, 4) is 0 Å². The molecule has 0 bridgehead atoms. The number of carbonyl (C=O) groups excluding carboxylic acids is 1. The van der Waals surface area contributed by atoms with Crippen molar-refractivity contribution in [1.29, 1.82) is 0 Å². The summed E-state index contributed by atoms with van der Waals surface area (Å²) in [7, 11) is -3.42. The van der Waals surface area contributed by atoms with Crippen molar-refractivity contribution in [3.63, 3.8) is 0 Å². The average molecular weight is 445 g/mol. The maximum absolute atomic E-state index is 12.6. The maximum atomic E-state index is 12.6. The second-order valence-corrected chi connectivity index (χ2v) is 10.2. The van der Waals surface area contributed by atoms with E-state index >= 15 is 0 Å². The van der Waals surface area contributed by atoms with Gasteiger partial charge in [0.1, 0.15) is 0 Å². The molecule has 168 valence electrons. The zero-order valence-electron chi connectivity index (χ0n) is 18.3. The van der Waals surface area contributed by atoms with Crippen molar-refractivity contribution in [2.24, 2.45) is 0 Å². The molecule has 2 aromatic carbocycles. The van der Waals surface area contributed by atoms with Crippen molar-refractivity contribution in [1.82, 2.24) is 5.32 Å². The maximum Gasteiger partial charge on any atom is 0.232 e. The fraction of sp³-hybridized carbons (Fsp3) is 0.458. The topological polar surface area (TPSA) is 75.7 Å². The Kier molecular flexibility index (Phi) is 7.73. The Morgan fingerprint density at radius 3 is 2.45 bits per heavy atom. The molecule has 0 atom stereocenters. The molecule has 0 aromatic heterocycles. The third-order valence-electron chi connectivity index (χ3n) is 5.92. The molecule has 1 saturated heterocycles. The van der Waals surface area contributed by atoms with Crippen LogP contribution < -0.4 is 9.62 Å². The minimum Gasteiger partial charge on any atom is -0.381 e. The largest absolute Gasteiger partial charge is 0.381 e. The Balaban J connectivity index is 1.57. The lowest BCUT2D eigenvalue weighted by molar-refractivity contribution is -0.121. The number of sulfonamides is 1. The standard InChI is InChI=1S/C24H32N2O4S/c1-20-8-6-11-22(18-20)26(31(2,28)29)15-7-12-23(27)25-19-24(13-16-30-17-14-24)21-9-4-3-5-10-21/h3-6,8-11,18H,7,12-17,19H2,1-2H3,(H,25,27). The van der Waals surface area contributed by atoms with Crippen molar-refractivity contribution >= 4 is 21.6 Å². The smallest absolute Gasteiger partial charge is 0.232 e. The third kappa shape index (κ3) is 6.31. The molecule has 1 aliphatic rings. The molecule has 1 heterocycles. The van der Waals surface area contributed by atoms with Crippen LogP contribution in [0.2, 0.25) is 0 Å². The van der Waals surface area contributed by atoms with E-state index in [0.29, 0.717) is 31.9 Å². The number of amides is 1. The van der Waals surface area contributed by atoms with Gasteiger partial charge >= 0.3 is 0 Å². The Labute approximate surface area is 185 Å². The molecule has 3 rings (SSSR count). The Hall–Kier alpha value is -2.38. The number of aryl methyl sites for hydroxylation is 1. The van der Waals surface area contributed by atoms with Crippen LogP contribution in [0.25, 0.3) is 0 Å². The second kappa shape index (κ2) is 10.3. The molecule has 0 saturated carbocycles. The van der Waals surface area contributed by atoms with E-state index in [1.165, 1.54) is 16.1 Å². The zero-order chi connectivity index (χ0) is 22.3. The van der Waals surface area contributed by atoms with E-state index in [2.05, 4.69) is 17.4 Å². The highest BCUT2D eigenvalue weighted by Crippen LogP contribution is 2.34. The first-order chi connectivity index (χ1) is 14.8. The highest BCUT2D eigenvalue weighted by Gasteiger charge is 2.34.